The molecule has 0 saturated heterocycles. The molecule has 102 valence electrons. The van der Waals surface area contributed by atoms with E-state index in [0.717, 1.165) is 11.8 Å². The van der Waals surface area contributed by atoms with Crippen molar-refractivity contribution in [3.63, 3.8) is 0 Å². The van der Waals surface area contributed by atoms with Crippen LogP contribution in [0.3, 0.4) is 0 Å². The number of esters is 1. The number of allylic oxidation sites excluding steroid dienone is 1. The quantitative estimate of drug-likeness (QED) is 0.462. The molecule has 0 aliphatic rings. The molecule has 1 rings (SSSR count). The lowest BCUT2D eigenvalue weighted by molar-refractivity contribution is -0.108. The van der Waals surface area contributed by atoms with E-state index in [-0.39, 0.29) is 11.9 Å². The normalized spacial score (nSPS) is 12.6. The first-order valence-electron chi connectivity index (χ1n) is 6.27. The minimum Gasteiger partial charge on any atom is -0.456 e. The lowest BCUT2D eigenvalue weighted by Crippen LogP contribution is -2.23. The summed E-state index contributed by atoms with van der Waals surface area (Å²) in [5.41, 5.74) is 0.971. The van der Waals surface area contributed by atoms with Crippen LogP contribution in [0.1, 0.15) is 49.0 Å². The molecule has 0 amide bonds. The van der Waals surface area contributed by atoms with E-state index in [9.17, 15) is 9.59 Å². The zero-order valence-corrected chi connectivity index (χ0v) is 11.7. The first-order chi connectivity index (χ1) is 8.87. The van der Waals surface area contributed by atoms with Crippen LogP contribution in [0.5, 0.6) is 0 Å². The van der Waals surface area contributed by atoms with E-state index in [2.05, 4.69) is 6.58 Å². The first-order valence-corrected chi connectivity index (χ1v) is 6.27. The first kappa shape index (κ1) is 15.2. The monoisotopic (exact) mass is 260 g/mol. The zero-order valence-electron chi connectivity index (χ0n) is 11.7. The van der Waals surface area contributed by atoms with Crippen LogP contribution < -0.4 is 0 Å². The van der Waals surface area contributed by atoms with Gasteiger partial charge in [-0.05, 0) is 38.5 Å². The SMILES string of the molecule is C=CC(CC=O)c1ccc(C(=O)OC(C)(C)C)cc1. The second-order valence-electron chi connectivity index (χ2n) is 5.37. The molecule has 1 aromatic carbocycles. The number of carbonyl (C=O) groups is 2. The Kier molecular flexibility index (Phi) is 5.04. The summed E-state index contributed by atoms with van der Waals surface area (Å²) in [4.78, 5) is 22.4. The van der Waals surface area contributed by atoms with Crippen LogP contribution >= 0.6 is 0 Å². The van der Waals surface area contributed by atoms with Crippen LogP contribution in [0.15, 0.2) is 36.9 Å². The van der Waals surface area contributed by atoms with E-state index in [1.807, 2.05) is 32.9 Å². The average molecular weight is 260 g/mol. The molecular weight excluding hydrogens is 240 g/mol. The predicted molar refractivity (Wildman–Crippen MR) is 75.2 cm³/mol. The van der Waals surface area contributed by atoms with Crippen molar-refractivity contribution in [2.45, 2.75) is 38.7 Å². The maximum absolute atomic E-state index is 11.8. The number of ether oxygens (including phenoxy) is 1. The molecule has 0 fully saturated rings. The summed E-state index contributed by atoms with van der Waals surface area (Å²) in [5, 5.41) is 0. The molecule has 1 aromatic rings. The molecule has 0 bridgehead atoms. The van der Waals surface area contributed by atoms with Crippen molar-refractivity contribution in [1.29, 1.82) is 0 Å². The summed E-state index contributed by atoms with van der Waals surface area (Å²) in [6.07, 6.45) is 3.00. The average Bonchev–Trinajstić information content (AvgIpc) is 2.34. The topological polar surface area (TPSA) is 43.4 Å². The van der Waals surface area contributed by atoms with Gasteiger partial charge in [-0.2, -0.15) is 0 Å². The van der Waals surface area contributed by atoms with Gasteiger partial charge in [0.05, 0.1) is 5.56 Å². The highest BCUT2D eigenvalue weighted by Crippen LogP contribution is 2.21. The van der Waals surface area contributed by atoms with Gasteiger partial charge in [0, 0.05) is 12.3 Å². The fourth-order valence-electron chi connectivity index (χ4n) is 1.68. The molecule has 0 spiro atoms. The van der Waals surface area contributed by atoms with Crippen LogP contribution in [-0.2, 0) is 9.53 Å². The van der Waals surface area contributed by atoms with Crippen molar-refractivity contribution in [3.8, 4) is 0 Å². The smallest absolute Gasteiger partial charge is 0.338 e. The molecule has 0 N–H and O–H groups in total. The maximum atomic E-state index is 11.8. The molecule has 1 unspecified atom stereocenters. The van der Waals surface area contributed by atoms with Gasteiger partial charge in [-0.3, -0.25) is 0 Å². The lowest BCUT2D eigenvalue weighted by Gasteiger charge is -2.19. The molecule has 0 aliphatic heterocycles. The molecule has 3 heteroatoms. The summed E-state index contributed by atoms with van der Waals surface area (Å²) in [7, 11) is 0. The Morgan fingerprint density at radius 2 is 1.89 bits per heavy atom. The summed E-state index contributed by atoms with van der Waals surface area (Å²) in [5.74, 6) is -0.352. The number of hydrogen-bond acceptors (Lipinski definition) is 3. The molecule has 3 nitrogen and oxygen atoms in total. The lowest BCUT2D eigenvalue weighted by atomic mass is 9.95. The summed E-state index contributed by atoms with van der Waals surface area (Å²) < 4.78 is 5.28. The van der Waals surface area contributed by atoms with Gasteiger partial charge < -0.3 is 9.53 Å². The highest BCUT2D eigenvalue weighted by molar-refractivity contribution is 5.89. The second kappa shape index (κ2) is 6.32. The van der Waals surface area contributed by atoms with Gasteiger partial charge in [0.1, 0.15) is 11.9 Å². The zero-order chi connectivity index (χ0) is 14.5. The van der Waals surface area contributed by atoms with E-state index in [1.54, 1.807) is 18.2 Å². The largest absolute Gasteiger partial charge is 0.456 e. The fraction of sp³-hybridized carbons (Fsp3) is 0.375. The number of hydrogen-bond donors (Lipinski definition) is 0. The Hall–Kier alpha value is -1.90. The van der Waals surface area contributed by atoms with E-state index in [0.29, 0.717) is 12.0 Å². The van der Waals surface area contributed by atoms with E-state index >= 15 is 0 Å². The maximum Gasteiger partial charge on any atom is 0.338 e. The molecule has 0 aromatic heterocycles. The van der Waals surface area contributed by atoms with Gasteiger partial charge in [-0.15, -0.1) is 6.58 Å². The molecule has 0 heterocycles. The van der Waals surface area contributed by atoms with Crippen molar-refractivity contribution in [2.75, 3.05) is 0 Å². The Labute approximate surface area is 114 Å². The third kappa shape index (κ3) is 4.70. The van der Waals surface area contributed by atoms with Gasteiger partial charge >= 0.3 is 5.97 Å². The third-order valence-electron chi connectivity index (χ3n) is 2.61. The summed E-state index contributed by atoms with van der Waals surface area (Å²) >= 11 is 0. The van der Waals surface area contributed by atoms with Crippen molar-refractivity contribution in [3.05, 3.63) is 48.0 Å². The van der Waals surface area contributed by atoms with Crippen molar-refractivity contribution in [2.24, 2.45) is 0 Å². The van der Waals surface area contributed by atoms with Crippen LogP contribution in [0.25, 0.3) is 0 Å². The van der Waals surface area contributed by atoms with Gasteiger partial charge in [-0.1, -0.05) is 18.2 Å². The summed E-state index contributed by atoms with van der Waals surface area (Å²) in [6.45, 7) is 9.20. The highest BCUT2D eigenvalue weighted by Gasteiger charge is 2.18. The third-order valence-corrected chi connectivity index (χ3v) is 2.61. The standard InChI is InChI=1S/C16H20O3/c1-5-12(10-11-17)13-6-8-14(9-7-13)15(18)19-16(2,3)4/h5-9,11-12H,1,10H2,2-4H3. The van der Waals surface area contributed by atoms with Gasteiger partial charge in [0.15, 0.2) is 0 Å². The molecule has 0 saturated carbocycles. The summed E-state index contributed by atoms with van der Waals surface area (Å²) in [6, 6.07) is 7.08. The van der Waals surface area contributed by atoms with Gasteiger partial charge in [0.25, 0.3) is 0 Å². The Bertz CT molecular complexity index is 452. The highest BCUT2D eigenvalue weighted by atomic mass is 16.6. The predicted octanol–water partition coefficient (Wildman–Crippen LogP) is 3.50. The second-order valence-corrected chi connectivity index (χ2v) is 5.37. The van der Waals surface area contributed by atoms with Crippen LogP contribution in [-0.4, -0.2) is 17.9 Å². The van der Waals surface area contributed by atoms with Crippen molar-refractivity contribution in [1.82, 2.24) is 0 Å². The van der Waals surface area contributed by atoms with Gasteiger partial charge in [-0.25, -0.2) is 4.79 Å². The minimum absolute atomic E-state index is 0.00909. The number of benzene rings is 1. The van der Waals surface area contributed by atoms with E-state index in [4.69, 9.17) is 4.74 Å². The number of rotatable bonds is 5. The van der Waals surface area contributed by atoms with E-state index < -0.39 is 5.60 Å². The number of carbonyl (C=O) groups excluding carboxylic acids is 2. The van der Waals surface area contributed by atoms with Crippen LogP contribution in [0.2, 0.25) is 0 Å². The molecule has 0 radical (unpaired) electrons. The van der Waals surface area contributed by atoms with E-state index in [1.165, 1.54) is 0 Å². The van der Waals surface area contributed by atoms with Crippen molar-refractivity contribution < 1.29 is 14.3 Å². The molecule has 1 atom stereocenters. The van der Waals surface area contributed by atoms with Crippen molar-refractivity contribution >= 4 is 12.3 Å². The molecule has 0 aliphatic carbocycles. The Morgan fingerprint density at radius 1 is 1.32 bits per heavy atom. The Morgan fingerprint density at radius 3 is 2.32 bits per heavy atom. The molecule has 19 heavy (non-hydrogen) atoms. The van der Waals surface area contributed by atoms with Crippen LogP contribution in [0, 0.1) is 0 Å². The molecular formula is C16H20O3. The Balaban J connectivity index is 2.84. The number of aldehydes is 1. The van der Waals surface area contributed by atoms with Crippen LogP contribution in [0.4, 0.5) is 0 Å². The fourth-order valence-corrected chi connectivity index (χ4v) is 1.68. The minimum atomic E-state index is -0.503. The van der Waals surface area contributed by atoms with Gasteiger partial charge in [0.2, 0.25) is 0 Å².